The number of aromatic nitrogens is 4. The first-order valence-electron chi connectivity index (χ1n) is 6.35. The van der Waals surface area contributed by atoms with E-state index in [1.54, 1.807) is 0 Å². The summed E-state index contributed by atoms with van der Waals surface area (Å²) in [5.41, 5.74) is 12.4. The van der Waals surface area contributed by atoms with Gasteiger partial charge < -0.3 is 31.5 Å². The van der Waals surface area contributed by atoms with Gasteiger partial charge in [0.15, 0.2) is 17.7 Å². The molecule has 2 aromatic rings. The largest absolute Gasteiger partial charge is 0.394 e. The number of nitrogen functional groups attached to an aromatic ring is 1. The van der Waals surface area contributed by atoms with Gasteiger partial charge in [0.25, 0.3) is 0 Å². The second-order valence-electron chi connectivity index (χ2n) is 4.89. The van der Waals surface area contributed by atoms with E-state index in [1.165, 1.54) is 17.2 Å². The molecule has 114 valence electrons. The molecule has 1 aliphatic rings. The van der Waals surface area contributed by atoms with Gasteiger partial charge in [-0.15, -0.1) is 0 Å². The van der Waals surface area contributed by atoms with E-state index in [2.05, 4.69) is 15.0 Å². The maximum Gasteiger partial charge on any atom is 0.167 e. The first kappa shape index (κ1) is 14.1. The minimum absolute atomic E-state index is 0.220. The molecule has 5 atom stereocenters. The first-order valence-corrected chi connectivity index (χ1v) is 6.35. The van der Waals surface area contributed by atoms with Crippen LogP contribution in [-0.2, 0) is 4.74 Å². The second kappa shape index (κ2) is 5.16. The average Bonchev–Trinajstić information content (AvgIpc) is 3.02. The SMILES string of the molecule is Nc1ncnc2c1ncn2[C@@H]1O[C@H]([C@H](O)CO)[C@H](O)[C@@H]1N. The summed E-state index contributed by atoms with van der Waals surface area (Å²) in [4.78, 5) is 12.0. The lowest BCUT2D eigenvalue weighted by Gasteiger charge is -2.19. The maximum absolute atomic E-state index is 10.0. The molecule has 3 heterocycles. The average molecular weight is 296 g/mol. The molecule has 1 aliphatic heterocycles. The molecule has 21 heavy (non-hydrogen) atoms. The zero-order chi connectivity index (χ0) is 15.1. The Morgan fingerprint density at radius 1 is 1.38 bits per heavy atom. The molecular weight excluding hydrogens is 280 g/mol. The standard InChI is InChI=1S/C11H16N6O4/c12-5-7(20)8(4(19)1-18)21-11(5)17-3-16-6-9(13)14-2-15-10(6)17/h2-5,7-8,11,18-20H,1,12H2,(H2,13,14,15)/t4-,5+,7-,8-,11-/m1/s1. The van der Waals surface area contributed by atoms with Crippen molar-refractivity contribution in [1.29, 1.82) is 0 Å². The Hall–Kier alpha value is -1.85. The van der Waals surface area contributed by atoms with E-state index in [0.29, 0.717) is 11.2 Å². The van der Waals surface area contributed by atoms with Crippen LogP contribution >= 0.6 is 0 Å². The van der Waals surface area contributed by atoms with Gasteiger partial charge in [0.2, 0.25) is 0 Å². The van der Waals surface area contributed by atoms with E-state index in [4.69, 9.17) is 21.3 Å². The van der Waals surface area contributed by atoms with Crippen LogP contribution in [0.5, 0.6) is 0 Å². The van der Waals surface area contributed by atoms with Gasteiger partial charge in [0.05, 0.1) is 19.0 Å². The molecule has 0 saturated carbocycles. The van der Waals surface area contributed by atoms with Crippen LogP contribution in [0.2, 0.25) is 0 Å². The quantitative estimate of drug-likeness (QED) is 0.406. The van der Waals surface area contributed by atoms with Crippen LogP contribution in [-0.4, -0.2) is 65.8 Å². The fourth-order valence-electron chi connectivity index (χ4n) is 2.45. The van der Waals surface area contributed by atoms with Crippen LogP contribution in [0, 0.1) is 0 Å². The van der Waals surface area contributed by atoms with E-state index < -0.39 is 37.2 Å². The van der Waals surface area contributed by atoms with Crippen molar-refractivity contribution in [1.82, 2.24) is 19.5 Å². The van der Waals surface area contributed by atoms with Gasteiger partial charge in [-0.25, -0.2) is 15.0 Å². The Morgan fingerprint density at radius 3 is 2.86 bits per heavy atom. The van der Waals surface area contributed by atoms with Gasteiger partial charge >= 0.3 is 0 Å². The van der Waals surface area contributed by atoms with Crippen molar-refractivity contribution in [2.24, 2.45) is 5.73 Å². The minimum Gasteiger partial charge on any atom is -0.394 e. The van der Waals surface area contributed by atoms with E-state index in [-0.39, 0.29) is 5.82 Å². The zero-order valence-electron chi connectivity index (χ0n) is 10.9. The molecule has 0 aliphatic carbocycles. The van der Waals surface area contributed by atoms with Gasteiger partial charge in [-0.3, -0.25) is 4.57 Å². The predicted molar refractivity (Wildman–Crippen MR) is 70.7 cm³/mol. The molecule has 0 radical (unpaired) electrons. The highest BCUT2D eigenvalue weighted by atomic mass is 16.5. The van der Waals surface area contributed by atoms with E-state index in [0.717, 1.165) is 0 Å². The number of hydrogen-bond acceptors (Lipinski definition) is 9. The Bertz CT molecular complexity index is 649. The Labute approximate surface area is 119 Å². The molecule has 0 unspecified atom stereocenters. The monoisotopic (exact) mass is 296 g/mol. The second-order valence-corrected chi connectivity index (χ2v) is 4.89. The van der Waals surface area contributed by atoms with Crippen molar-refractivity contribution in [3.8, 4) is 0 Å². The fraction of sp³-hybridized carbons (Fsp3) is 0.545. The van der Waals surface area contributed by atoms with Crippen molar-refractivity contribution in [3.63, 3.8) is 0 Å². The Balaban J connectivity index is 1.98. The molecule has 2 aromatic heterocycles. The lowest BCUT2D eigenvalue weighted by Crippen LogP contribution is -2.43. The maximum atomic E-state index is 10.0. The molecule has 3 rings (SSSR count). The van der Waals surface area contributed by atoms with Crippen LogP contribution in [0.25, 0.3) is 11.2 Å². The molecule has 7 N–H and O–H groups in total. The zero-order valence-corrected chi connectivity index (χ0v) is 10.9. The molecule has 1 saturated heterocycles. The fourth-order valence-corrected chi connectivity index (χ4v) is 2.45. The van der Waals surface area contributed by atoms with Gasteiger partial charge in [0, 0.05) is 0 Å². The van der Waals surface area contributed by atoms with Crippen molar-refractivity contribution in [3.05, 3.63) is 12.7 Å². The Kier molecular flexibility index (Phi) is 3.47. The minimum atomic E-state index is -1.23. The summed E-state index contributed by atoms with van der Waals surface area (Å²) < 4.78 is 7.09. The molecule has 0 aromatic carbocycles. The number of nitrogens with two attached hydrogens (primary N) is 2. The molecule has 0 bridgehead atoms. The van der Waals surface area contributed by atoms with E-state index in [1.807, 2.05) is 0 Å². The number of hydrogen-bond donors (Lipinski definition) is 5. The van der Waals surface area contributed by atoms with Crippen molar-refractivity contribution in [2.45, 2.75) is 30.6 Å². The van der Waals surface area contributed by atoms with Gasteiger partial charge in [-0.2, -0.15) is 0 Å². The highest BCUT2D eigenvalue weighted by Gasteiger charge is 2.46. The summed E-state index contributed by atoms with van der Waals surface area (Å²) in [6, 6.07) is -0.815. The number of rotatable bonds is 3. The number of anilines is 1. The summed E-state index contributed by atoms with van der Waals surface area (Å²) >= 11 is 0. The van der Waals surface area contributed by atoms with Crippen molar-refractivity contribution < 1.29 is 20.1 Å². The van der Waals surface area contributed by atoms with E-state index >= 15 is 0 Å². The van der Waals surface area contributed by atoms with E-state index in [9.17, 15) is 10.2 Å². The highest BCUT2D eigenvalue weighted by molar-refractivity contribution is 5.81. The first-order chi connectivity index (χ1) is 10.0. The molecular formula is C11H16N6O4. The number of aliphatic hydroxyl groups is 3. The predicted octanol–water partition coefficient (Wildman–Crippen LogP) is -2.65. The summed E-state index contributed by atoms with van der Waals surface area (Å²) in [7, 11) is 0. The molecule has 10 heteroatoms. The molecule has 10 nitrogen and oxygen atoms in total. The van der Waals surface area contributed by atoms with Gasteiger partial charge in [0.1, 0.15) is 30.2 Å². The summed E-state index contributed by atoms with van der Waals surface area (Å²) in [5, 5.41) is 28.7. The molecule has 1 fully saturated rings. The van der Waals surface area contributed by atoms with Gasteiger partial charge in [-0.1, -0.05) is 0 Å². The third-order valence-electron chi connectivity index (χ3n) is 3.58. The van der Waals surface area contributed by atoms with Gasteiger partial charge in [-0.05, 0) is 0 Å². The normalized spacial score (nSPS) is 30.9. The third-order valence-corrected chi connectivity index (χ3v) is 3.58. The summed E-state index contributed by atoms with van der Waals surface area (Å²) in [5.74, 6) is 0.220. The summed E-state index contributed by atoms with van der Waals surface area (Å²) in [6.45, 7) is -0.541. The van der Waals surface area contributed by atoms with Crippen LogP contribution in [0.4, 0.5) is 5.82 Å². The number of imidazole rings is 1. The van der Waals surface area contributed by atoms with Crippen LogP contribution in [0.3, 0.4) is 0 Å². The van der Waals surface area contributed by atoms with Crippen molar-refractivity contribution >= 4 is 17.0 Å². The topological polar surface area (TPSA) is 166 Å². The van der Waals surface area contributed by atoms with Crippen LogP contribution in [0.1, 0.15) is 6.23 Å². The molecule has 0 spiro atoms. The Morgan fingerprint density at radius 2 is 2.14 bits per heavy atom. The number of ether oxygens (including phenoxy) is 1. The third kappa shape index (κ3) is 2.13. The molecule has 0 amide bonds. The number of fused-ring (bicyclic) bond motifs is 1. The van der Waals surface area contributed by atoms with Crippen LogP contribution in [0.15, 0.2) is 12.7 Å². The number of aliphatic hydroxyl groups excluding tert-OH is 3. The summed E-state index contributed by atoms with van der Waals surface area (Å²) in [6.07, 6.45) is -1.43. The van der Waals surface area contributed by atoms with Crippen LogP contribution < -0.4 is 11.5 Å². The highest BCUT2D eigenvalue weighted by Crippen LogP contribution is 2.32. The number of nitrogens with zero attached hydrogens (tertiary/aromatic N) is 4. The smallest absolute Gasteiger partial charge is 0.167 e. The lowest BCUT2D eigenvalue weighted by atomic mass is 10.0. The van der Waals surface area contributed by atoms with Crippen molar-refractivity contribution in [2.75, 3.05) is 12.3 Å². The lowest BCUT2D eigenvalue weighted by molar-refractivity contribution is -0.0950.